The number of ketones is 1. The van der Waals surface area contributed by atoms with Crippen LogP contribution in [0.5, 0.6) is 0 Å². The fourth-order valence-electron chi connectivity index (χ4n) is 1.94. The minimum Gasteiger partial charge on any atom is -0.480 e. The van der Waals surface area contributed by atoms with Gasteiger partial charge >= 0.3 is 11.9 Å². The van der Waals surface area contributed by atoms with Gasteiger partial charge in [-0.15, -0.1) is 0 Å². The topological polar surface area (TPSA) is 147 Å². The first-order valence-electron chi connectivity index (χ1n) is 7.80. The number of nitrogens with two attached hydrogens (primary N) is 1. The fraction of sp³-hybridized carbons (Fsp3) is 0.733. The second-order valence-corrected chi connectivity index (χ2v) is 5.48. The predicted molar refractivity (Wildman–Crippen MR) is 82.8 cm³/mol. The van der Waals surface area contributed by atoms with Crippen LogP contribution in [0.4, 0.5) is 0 Å². The number of carboxylic acids is 2. The van der Waals surface area contributed by atoms with E-state index in [1.807, 2.05) is 6.92 Å². The Kier molecular flexibility index (Phi) is 10.6. The Morgan fingerprint density at radius 3 is 2.09 bits per heavy atom. The van der Waals surface area contributed by atoms with E-state index in [-0.39, 0.29) is 25.0 Å². The van der Waals surface area contributed by atoms with Gasteiger partial charge in [0.25, 0.3) is 0 Å². The van der Waals surface area contributed by atoms with E-state index in [4.69, 9.17) is 15.9 Å². The number of carbonyl (C=O) groups excluding carboxylic acids is 2. The van der Waals surface area contributed by atoms with Gasteiger partial charge < -0.3 is 21.3 Å². The summed E-state index contributed by atoms with van der Waals surface area (Å²) in [5.41, 5.74) is 5.28. The minimum absolute atomic E-state index is 0.0665. The van der Waals surface area contributed by atoms with Gasteiger partial charge in [0.05, 0.1) is 0 Å². The van der Waals surface area contributed by atoms with Gasteiger partial charge in [-0.1, -0.05) is 13.3 Å². The third kappa shape index (κ3) is 10.4. The van der Waals surface area contributed by atoms with E-state index in [9.17, 15) is 19.2 Å². The van der Waals surface area contributed by atoms with Crippen LogP contribution in [0, 0.1) is 0 Å². The van der Waals surface area contributed by atoms with Crippen molar-refractivity contribution in [1.29, 1.82) is 0 Å². The Morgan fingerprint density at radius 1 is 0.957 bits per heavy atom. The largest absolute Gasteiger partial charge is 0.480 e. The molecule has 132 valence electrons. The molecule has 0 heterocycles. The molecule has 0 unspecified atom stereocenters. The van der Waals surface area contributed by atoms with Crippen LogP contribution >= 0.6 is 0 Å². The Bertz CT molecular complexity index is 424. The third-order valence-electron chi connectivity index (χ3n) is 3.39. The number of carbonyl (C=O) groups is 4. The molecular formula is C15H26N2O6. The van der Waals surface area contributed by atoms with E-state index in [1.54, 1.807) is 0 Å². The van der Waals surface area contributed by atoms with Crippen molar-refractivity contribution in [3.8, 4) is 0 Å². The molecule has 0 aromatic heterocycles. The van der Waals surface area contributed by atoms with E-state index in [2.05, 4.69) is 5.32 Å². The summed E-state index contributed by atoms with van der Waals surface area (Å²) in [6.07, 6.45) is 2.85. The maximum absolute atomic E-state index is 11.6. The Hall–Kier alpha value is -1.96. The highest BCUT2D eigenvalue weighted by molar-refractivity contribution is 5.84. The molecule has 0 radical (unpaired) electrons. The quantitative estimate of drug-likeness (QED) is 0.388. The van der Waals surface area contributed by atoms with Crippen molar-refractivity contribution in [2.24, 2.45) is 5.73 Å². The molecule has 0 aliphatic heterocycles. The molecular weight excluding hydrogens is 304 g/mol. The number of amides is 1. The molecule has 0 aromatic carbocycles. The molecule has 0 rings (SSSR count). The van der Waals surface area contributed by atoms with Crippen LogP contribution in [0.2, 0.25) is 0 Å². The number of Topliss-reactive ketones (excluding diaryl/α,β-unsaturated/α-hetero) is 1. The molecule has 5 N–H and O–H groups in total. The standard InChI is InChI=1S/C15H26N2O6/c1-2-3-5-10(18)6-4-7-12(15(22)23)17-13(19)9-8-11(16)14(20)21/h11-12H,2-9,16H2,1H3,(H,17,19)(H,20,21)(H,22,23)/t11-,12-/m0/s1. The van der Waals surface area contributed by atoms with Crippen LogP contribution in [-0.4, -0.2) is 45.9 Å². The molecule has 23 heavy (non-hydrogen) atoms. The first-order chi connectivity index (χ1) is 10.8. The first kappa shape index (κ1) is 21.0. The zero-order valence-corrected chi connectivity index (χ0v) is 13.4. The molecule has 0 saturated carbocycles. The number of rotatable bonds is 13. The number of hydrogen-bond donors (Lipinski definition) is 4. The van der Waals surface area contributed by atoms with E-state index in [0.717, 1.165) is 12.8 Å². The van der Waals surface area contributed by atoms with Crippen molar-refractivity contribution in [1.82, 2.24) is 5.32 Å². The van der Waals surface area contributed by atoms with Crippen LogP contribution < -0.4 is 11.1 Å². The summed E-state index contributed by atoms with van der Waals surface area (Å²) in [4.78, 5) is 44.8. The van der Waals surface area contributed by atoms with Gasteiger partial charge in [0.15, 0.2) is 0 Å². The molecule has 0 aromatic rings. The average molecular weight is 330 g/mol. The van der Waals surface area contributed by atoms with Crippen molar-refractivity contribution in [2.45, 2.75) is 70.4 Å². The van der Waals surface area contributed by atoms with Crippen LogP contribution in [0.3, 0.4) is 0 Å². The highest BCUT2D eigenvalue weighted by atomic mass is 16.4. The summed E-state index contributed by atoms with van der Waals surface area (Å²) >= 11 is 0. The smallest absolute Gasteiger partial charge is 0.326 e. The summed E-state index contributed by atoms with van der Waals surface area (Å²) in [6, 6.07) is -2.23. The highest BCUT2D eigenvalue weighted by Crippen LogP contribution is 2.07. The minimum atomic E-state index is -1.21. The van der Waals surface area contributed by atoms with Crippen molar-refractivity contribution >= 4 is 23.6 Å². The highest BCUT2D eigenvalue weighted by Gasteiger charge is 2.21. The zero-order valence-electron chi connectivity index (χ0n) is 13.4. The molecule has 0 bridgehead atoms. The number of hydrogen-bond acceptors (Lipinski definition) is 5. The lowest BCUT2D eigenvalue weighted by Crippen LogP contribution is -2.41. The van der Waals surface area contributed by atoms with Gasteiger partial charge in [0, 0.05) is 19.3 Å². The fourth-order valence-corrected chi connectivity index (χ4v) is 1.94. The molecule has 0 aliphatic rings. The molecule has 1 amide bonds. The van der Waals surface area contributed by atoms with Crippen molar-refractivity contribution < 1.29 is 29.4 Å². The maximum atomic E-state index is 11.6. The van der Waals surface area contributed by atoms with Crippen LogP contribution in [0.15, 0.2) is 0 Å². The summed E-state index contributed by atoms with van der Waals surface area (Å²) in [6.45, 7) is 1.99. The Labute approximate surface area is 135 Å². The van der Waals surface area contributed by atoms with Crippen molar-refractivity contribution in [3.63, 3.8) is 0 Å². The second-order valence-electron chi connectivity index (χ2n) is 5.48. The lowest BCUT2D eigenvalue weighted by molar-refractivity contribution is -0.142. The Morgan fingerprint density at radius 2 is 1.57 bits per heavy atom. The number of nitrogens with one attached hydrogen (secondary N) is 1. The maximum Gasteiger partial charge on any atom is 0.326 e. The van der Waals surface area contributed by atoms with E-state index >= 15 is 0 Å². The summed E-state index contributed by atoms with van der Waals surface area (Å²) in [5.74, 6) is -2.86. The molecule has 8 nitrogen and oxygen atoms in total. The summed E-state index contributed by atoms with van der Waals surface area (Å²) < 4.78 is 0. The molecule has 8 heteroatoms. The normalized spacial score (nSPS) is 13.1. The van der Waals surface area contributed by atoms with E-state index in [0.29, 0.717) is 19.3 Å². The van der Waals surface area contributed by atoms with Crippen LogP contribution in [0.25, 0.3) is 0 Å². The van der Waals surface area contributed by atoms with E-state index in [1.165, 1.54) is 0 Å². The lowest BCUT2D eigenvalue weighted by Gasteiger charge is -2.15. The van der Waals surface area contributed by atoms with Gasteiger partial charge in [-0.05, 0) is 25.7 Å². The molecule has 2 atom stereocenters. The van der Waals surface area contributed by atoms with Gasteiger partial charge in [0.1, 0.15) is 17.9 Å². The lowest BCUT2D eigenvalue weighted by atomic mass is 10.0. The van der Waals surface area contributed by atoms with Gasteiger partial charge in [0.2, 0.25) is 5.91 Å². The van der Waals surface area contributed by atoms with Crippen LogP contribution in [-0.2, 0) is 19.2 Å². The van der Waals surface area contributed by atoms with Gasteiger partial charge in [-0.3, -0.25) is 14.4 Å². The predicted octanol–water partition coefficient (Wildman–Crippen LogP) is 0.678. The number of carboxylic acid groups (broad SMARTS) is 2. The molecule has 0 aliphatic carbocycles. The first-order valence-corrected chi connectivity index (χ1v) is 7.80. The molecule has 0 saturated heterocycles. The zero-order chi connectivity index (χ0) is 17.8. The number of unbranched alkanes of at least 4 members (excludes halogenated alkanes) is 1. The SMILES string of the molecule is CCCCC(=O)CCC[C@H](NC(=O)CC[C@H](N)C(=O)O)C(=O)O. The monoisotopic (exact) mass is 330 g/mol. The van der Waals surface area contributed by atoms with Crippen LogP contribution in [0.1, 0.15) is 58.3 Å². The molecule has 0 fully saturated rings. The van der Waals surface area contributed by atoms with Crippen molar-refractivity contribution in [2.75, 3.05) is 0 Å². The molecule has 0 spiro atoms. The second kappa shape index (κ2) is 11.6. The van der Waals surface area contributed by atoms with Crippen molar-refractivity contribution in [3.05, 3.63) is 0 Å². The average Bonchev–Trinajstić information content (AvgIpc) is 2.49. The summed E-state index contributed by atoms with van der Waals surface area (Å²) in [5, 5.41) is 20.0. The summed E-state index contributed by atoms with van der Waals surface area (Å²) in [7, 11) is 0. The van der Waals surface area contributed by atoms with Gasteiger partial charge in [-0.2, -0.15) is 0 Å². The van der Waals surface area contributed by atoms with E-state index < -0.39 is 29.9 Å². The Balaban J connectivity index is 4.16. The number of aliphatic carboxylic acids is 2. The third-order valence-corrected chi connectivity index (χ3v) is 3.39. The van der Waals surface area contributed by atoms with Gasteiger partial charge in [-0.25, -0.2) is 4.79 Å².